The molecule has 1 aliphatic rings. The number of anilines is 1. The number of aryl methyl sites for hydroxylation is 1. The molecule has 160 valence electrons. The van der Waals surface area contributed by atoms with E-state index >= 15 is 0 Å². The lowest BCUT2D eigenvalue weighted by atomic mass is 9.95. The van der Waals surface area contributed by atoms with Crippen LogP contribution in [-0.4, -0.2) is 37.7 Å². The molecule has 0 saturated heterocycles. The number of carbonyl (C=O) groups excluding carboxylic acids is 3. The monoisotopic (exact) mass is 435 g/mol. The highest BCUT2D eigenvalue weighted by molar-refractivity contribution is 7.17. The predicted octanol–water partition coefficient (Wildman–Crippen LogP) is 3.50. The highest BCUT2D eigenvalue weighted by Crippen LogP contribution is 2.38. The minimum Gasteiger partial charge on any atom is -0.479 e. The van der Waals surface area contributed by atoms with E-state index in [1.165, 1.54) is 29.5 Å². The summed E-state index contributed by atoms with van der Waals surface area (Å²) in [7, 11) is 0. The van der Waals surface area contributed by atoms with Gasteiger partial charge in [0, 0.05) is 4.88 Å². The summed E-state index contributed by atoms with van der Waals surface area (Å²) >= 11 is 1.35. The first-order valence-corrected chi connectivity index (χ1v) is 10.5. The molecule has 1 amide bonds. The molecule has 30 heavy (non-hydrogen) atoms. The maximum Gasteiger partial charge on any atom is 0.344 e. The standard InChI is InChI=1S/C21H22FNO6S/c1-2-27-21(26)19-13-7-3-6-10-16(13)30-20(19)23-17(24)11-29-18(25)12-28-15-9-5-4-8-14(15)22/h4-5,8-9H,2-3,6-7,10-12H2,1H3,(H,23,24). The van der Waals surface area contributed by atoms with Crippen molar-refractivity contribution in [2.45, 2.75) is 32.6 Å². The van der Waals surface area contributed by atoms with Crippen molar-refractivity contribution < 1.29 is 33.0 Å². The van der Waals surface area contributed by atoms with Crippen molar-refractivity contribution in [1.29, 1.82) is 0 Å². The van der Waals surface area contributed by atoms with E-state index < -0.39 is 36.9 Å². The molecule has 7 nitrogen and oxygen atoms in total. The van der Waals surface area contributed by atoms with Crippen LogP contribution in [0.3, 0.4) is 0 Å². The fraction of sp³-hybridized carbons (Fsp3) is 0.381. The first-order valence-electron chi connectivity index (χ1n) is 9.64. The maximum atomic E-state index is 13.5. The number of amides is 1. The molecule has 2 aromatic rings. The van der Waals surface area contributed by atoms with Crippen molar-refractivity contribution in [3.8, 4) is 5.75 Å². The molecule has 1 N–H and O–H groups in total. The molecule has 1 aromatic carbocycles. The zero-order valence-electron chi connectivity index (χ0n) is 16.5. The minimum atomic E-state index is -0.815. The Morgan fingerprint density at radius 3 is 2.63 bits per heavy atom. The second-order valence-electron chi connectivity index (χ2n) is 6.56. The molecule has 0 atom stereocenters. The Labute approximate surface area is 177 Å². The Balaban J connectivity index is 1.57. The Morgan fingerprint density at radius 1 is 1.10 bits per heavy atom. The molecule has 9 heteroatoms. The second-order valence-corrected chi connectivity index (χ2v) is 7.67. The Hall–Kier alpha value is -2.94. The van der Waals surface area contributed by atoms with Gasteiger partial charge in [-0.1, -0.05) is 12.1 Å². The number of para-hydroxylation sites is 1. The maximum absolute atomic E-state index is 13.5. The molecule has 0 radical (unpaired) electrons. The van der Waals surface area contributed by atoms with Crippen molar-refractivity contribution in [2.75, 3.05) is 25.1 Å². The fourth-order valence-electron chi connectivity index (χ4n) is 3.12. The van der Waals surface area contributed by atoms with Gasteiger partial charge in [0.25, 0.3) is 5.91 Å². The third-order valence-corrected chi connectivity index (χ3v) is 5.66. The Morgan fingerprint density at radius 2 is 1.87 bits per heavy atom. The van der Waals surface area contributed by atoms with Crippen LogP contribution in [0.25, 0.3) is 0 Å². The van der Waals surface area contributed by atoms with Gasteiger partial charge in [-0.05, 0) is 50.3 Å². The van der Waals surface area contributed by atoms with Crippen LogP contribution in [0.2, 0.25) is 0 Å². The van der Waals surface area contributed by atoms with Gasteiger partial charge in [-0.3, -0.25) is 4.79 Å². The number of rotatable bonds is 8. The number of fused-ring (bicyclic) bond motifs is 1. The molecule has 0 saturated carbocycles. The third kappa shape index (κ3) is 5.35. The lowest BCUT2D eigenvalue weighted by molar-refractivity contribution is -0.149. The van der Waals surface area contributed by atoms with E-state index in [0.717, 1.165) is 36.1 Å². The molecule has 3 rings (SSSR count). The smallest absolute Gasteiger partial charge is 0.344 e. The zero-order chi connectivity index (χ0) is 21.5. The van der Waals surface area contributed by atoms with Gasteiger partial charge in [0.15, 0.2) is 24.8 Å². The summed E-state index contributed by atoms with van der Waals surface area (Å²) in [6, 6.07) is 5.65. The van der Waals surface area contributed by atoms with E-state index in [1.807, 2.05) is 0 Å². The summed E-state index contributed by atoms with van der Waals surface area (Å²) in [5, 5.41) is 3.05. The summed E-state index contributed by atoms with van der Waals surface area (Å²) < 4.78 is 28.5. The number of thiophene rings is 1. The topological polar surface area (TPSA) is 90.9 Å². The summed E-state index contributed by atoms with van der Waals surface area (Å²) in [6.45, 7) is 0.869. The van der Waals surface area contributed by atoms with Crippen LogP contribution >= 0.6 is 11.3 Å². The van der Waals surface area contributed by atoms with Crippen LogP contribution in [0.15, 0.2) is 24.3 Å². The molecule has 1 aliphatic carbocycles. The van der Waals surface area contributed by atoms with Crippen LogP contribution in [0.1, 0.15) is 40.6 Å². The van der Waals surface area contributed by atoms with Gasteiger partial charge in [0.2, 0.25) is 0 Å². The molecule has 1 heterocycles. The first-order chi connectivity index (χ1) is 14.5. The molecular weight excluding hydrogens is 413 g/mol. The minimum absolute atomic E-state index is 0.0813. The number of hydrogen-bond donors (Lipinski definition) is 1. The number of halogens is 1. The predicted molar refractivity (Wildman–Crippen MR) is 108 cm³/mol. The number of hydrogen-bond acceptors (Lipinski definition) is 7. The SMILES string of the molecule is CCOC(=O)c1c(NC(=O)COC(=O)COc2ccccc2F)sc2c1CCCC2. The highest BCUT2D eigenvalue weighted by atomic mass is 32.1. The van der Waals surface area contributed by atoms with E-state index in [-0.39, 0.29) is 12.4 Å². The molecule has 1 aromatic heterocycles. The lowest BCUT2D eigenvalue weighted by Gasteiger charge is -2.12. The van der Waals surface area contributed by atoms with Crippen molar-refractivity contribution in [1.82, 2.24) is 0 Å². The van der Waals surface area contributed by atoms with Crippen molar-refractivity contribution in [3.63, 3.8) is 0 Å². The number of esters is 2. The number of benzene rings is 1. The quantitative estimate of drug-likeness (QED) is 0.638. The van der Waals surface area contributed by atoms with Crippen molar-refractivity contribution >= 4 is 34.2 Å². The van der Waals surface area contributed by atoms with Gasteiger partial charge in [0.1, 0.15) is 5.00 Å². The molecule has 0 spiro atoms. The van der Waals surface area contributed by atoms with Gasteiger partial charge in [0.05, 0.1) is 12.2 Å². The summed E-state index contributed by atoms with van der Waals surface area (Å²) in [5.41, 5.74) is 1.31. The Bertz CT molecular complexity index is 942. The third-order valence-electron chi connectivity index (χ3n) is 4.45. The molecule has 0 unspecified atom stereocenters. The summed E-state index contributed by atoms with van der Waals surface area (Å²) in [4.78, 5) is 37.5. The molecular formula is C21H22FNO6S. The average molecular weight is 435 g/mol. The molecule has 0 aliphatic heterocycles. The first kappa shape index (κ1) is 21.8. The highest BCUT2D eigenvalue weighted by Gasteiger charge is 2.27. The molecule has 0 bridgehead atoms. The van der Waals surface area contributed by atoms with Gasteiger partial charge >= 0.3 is 11.9 Å². The van der Waals surface area contributed by atoms with Gasteiger partial charge in [-0.15, -0.1) is 11.3 Å². The van der Waals surface area contributed by atoms with E-state index in [2.05, 4.69) is 5.32 Å². The van der Waals surface area contributed by atoms with Crippen molar-refractivity contribution in [3.05, 3.63) is 46.1 Å². The lowest BCUT2D eigenvalue weighted by Crippen LogP contribution is -2.24. The van der Waals surface area contributed by atoms with Crippen LogP contribution < -0.4 is 10.1 Å². The number of carbonyl (C=O) groups is 3. The number of nitrogens with one attached hydrogen (secondary N) is 1. The van der Waals surface area contributed by atoms with Crippen molar-refractivity contribution in [2.24, 2.45) is 0 Å². The number of ether oxygens (including phenoxy) is 3. The largest absolute Gasteiger partial charge is 0.479 e. The van der Waals surface area contributed by atoms with Crippen LogP contribution in [0.4, 0.5) is 9.39 Å². The van der Waals surface area contributed by atoms with E-state index in [4.69, 9.17) is 14.2 Å². The van der Waals surface area contributed by atoms with Crippen LogP contribution in [0.5, 0.6) is 5.75 Å². The zero-order valence-corrected chi connectivity index (χ0v) is 17.3. The van der Waals surface area contributed by atoms with E-state index in [0.29, 0.717) is 10.6 Å². The van der Waals surface area contributed by atoms with Gasteiger partial charge in [-0.2, -0.15) is 0 Å². The Kier molecular flexibility index (Phi) is 7.40. The van der Waals surface area contributed by atoms with Crippen LogP contribution in [-0.2, 0) is 31.9 Å². The second kappa shape index (κ2) is 10.2. The van der Waals surface area contributed by atoms with Gasteiger partial charge < -0.3 is 19.5 Å². The average Bonchev–Trinajstić information content (AvgIpc) is 3.09. The van der Waals surface area contributed by atoms with Crippen LogP contribution in [0, 0.1) is 5.82 Å². The van der Waals surface area contributed by atoms with Gasteiger partial charge in [-0.25, -0.2) is 14.0 Å². The molecule has 0 fully saturated rings. The summed E-state index contributed by atoms with van der Waals surface area (Å²) in [5.74, 6) is -2.55. The normalized spacial score (nSPS) is 12.6. The van der Waals surface area contributed by atoms with E-state index in [9.17, 15) is 18.8 Å². The fourth-order valence-corrected chi connectivity index (χ4v) is 4.42. The van der Waals surface area contributed by atoms with E-state index in [1.54, 1.807) is 13.0 Å². The summed E-state index contributed by atoms with van der Waals surface area (Å²) in [6.07, 6.45) is 3.62.